The summed E-state index contributed by atoms with van der Waals surface area (Å²) in [5.74, 6) is -1.50. The van der Waals surface area contributed by atoms with Crippen molar-refractivity contribution in [2.75, 3.05) is 0 Å². The zero-order valence-corrected chi connectivity index (χ0v) is 11.0. The Morgan fingerprint density at radius 1 is 1.48 bits per heavy atom. The van der Waals surface area contributed by atoms with Gasteiger partial charge in [0.1, 0.15) is 5.52 Å². The van der Waals surface area contributed by atoms with E-state index in [1.807, 2.05) is 0 Å². The molecule has 0 N–H and O–H groups in total. The highest BCUT2D eigenvalue weighted by atomic mass is 16.6. The summed E-state index contributed by atoms with van der Waals surface area (Å²) in [6.07, 6.45) is 2.28. The summed E-state index contributed by atoms with van der Waals surface area (Å²) in [4.78, 5) is 37.4. The number of carbonyl (C=O) groups is 2. The Hall–Kier alpha value is -3.09. The molecule has 0 saturated carbocycles. The van der Waals surface area contributed by atoms with Gasteiger partial charge in [-0.3, -0.25) is 19.9 Å². The summed E-state index contributed by atoms with van der Waals surface area (Å²) in [6, 6.07) is 4.24. The number of ether oxygens (including phenoxy) is 1. The lowest BCUT2D eigenvalue weighted by Crippen LogP contribution is -2.08. The molecule has 2 rings (SSSR count). The number of nitro groups is 1. The molecule has 21 heavy (non-hydrogen) atoms. The van der Waals surface area contributed by atoms with Crippen LogP contribution in [-0.4, -0.2) is 21.7 Å². The number of esters is 1. The summed E-state index contributed by atoms with van der Waals surface area (Å²) >= 11 is 0. The van der Waals surface area contributed by atoms with Crippen LogP contribution < -0.4 is 4.74 Å². The van der Waals surface area contributed by atoms with Crippen LogP contribution in [0.15, 0.2) is 37.1 Å². The predicted molar refractivity (Wildman–Crippen MR) is 74.2 cm³/mol. The van der Waals surface area contributed by atoms with Crippen LogP contribution in [0.3, 0.4) is 0 Å². The van der Waals surface area contributed by atoms with Crippen LogP contribution in [0.1, 0.15) is 17.3 Å². The Morgan fingerprint density at radius 3 is 2.76 bits per heavy atom. The average Bonchev–Trinajstić information content (AvgIpc) is 2.46. The molecule has 0 spiro atoms. The maximum absolute atomic E-state index is 11.6. The fraction of sp³-hybridized carbons (Fsp3) is 0.0714. The molecule has 0 bridgehead atoms. The van der Waals surface area contributed by atoms with Crippen molar-refractivity contribution in [2.24, 2.45) is 0 Å². The number of Topliss-reactive ketones (excluding diaryl/α,β-unsaturated/α-hetero) is 1. The Labute approximate surface area is 119 Å². The van der Waals surface area contributed by atoms with Gasteiger partial charge in [0.2, 0.25) is 5.75 Å². The van der Waals surface area contributed by atoms with E-state index < -0.39 is 16.6 Å². The largest absolute Gasteiger partial charge is 0.414 e. The molecule has 1 aromatic heterocycles. The molecule has 7 heteroatoms. The van der Waals surface area contributed by atoms with Gasteiger partial charge in [0.05, 0.1) is 4.92 Å². The van der Waals surface area contributed by atoms with Gasteiger partial charge in [-0.2, -0.15) is 0 Å². The lowest BCUT2D eigenvalue weighted by Gasteiger charge is -2.09. The third-order valence-electron chi connectivity index (χ3n) is 2.77. The second-order valence-corrected chi connectivity index (χ2v) is 4.11. The van der Waals surface area contributed by atoms with Gasteiger partial charge in [-0.15, -0.1) is 0 Å². The highest BCUT2D eigenvalue weighted by Crippen LogP contribution is 2.36. The number of benzene rings is 1. The molecule has 0 saturated heterocycles. The third-order valence-corrected chi connectivity index (χ3v) is 2.77. The van der Waals surface area contributed by atoms with Crippen LogP contribution in [0.2, 0.25) is 0 Å². The molecule has 1 aromatic carbocycles. The van der Waals surface area contributed by atoms with Crippen LogP contribution in [-0.2, 0) is 4.79 Å². The molecule has 1 heterocycles. The molecule has 0 radical (unpaired) electrons. The first kappa shape index (κ1) is 14.3. The number of pyridine rings is 1. The van der Waals surface area contributed by atoms with Crippen LogP contribution >= 0.6 is 0 Å². The summed E-state index contributed by atoms with van der Waals surface area (Å²) in [6.45, 7) is 4.53. The quantitative estimate of drug-likeness (QED) is 0.214. The summed E-state index contributed by atoms with van der Waals surface area (Å²) in [7, 11) is 0. The number of carbonyl (C=O) groups excluding carboxylic acids is 2. The van der Waals surface area contributed by atoms with Crippen LogP contribution in [0, 0.1) is 10.1 Å². The molecule has 106 valence electrons. The molecule has 2 aromatic rings. The minimum absolute atomic E-state index is 0.0760. The van der Waals surface area contributed by atoms with Gasteiger partial charge in [-0.1, -0.05) is 12.6 Å². The first-order chi connectivity index (χ1) is 9.95. The standard InChI is InChI=1S/C14H10N2O5/c1-3-12(18)21-14-11(16(19)20)7-10(8(2)17)9-5-4-6-15-13(9)14/h3-7H,1H2,2H3. The van der Waals surface area contributed by atoms with E-state index >= 15 is 0 Å². The highest BCUT2D eigenvalue weighted by Gasteiger charge is 2.25. The van der Waals surface area contributed by atoms with Crippen molar-refractivity contribution < 1.29 is 19.2 Å². The van der Waals surface area contributed by atoms with E-state index in [9.17, 15) is 19.7 Å². The Morgan fingerprint density at radius 2 is 2.19 bits per heavy atom. The molecule has 0 amide bonds. The molecule has 0 aliphatic carbocycles. The van der Waals surface area contributed by atoms with Crippen molar-refractivity contribution in [1.82, 2.24) is 4.98 Å². The normalized spacial score (nSPS) is 10.1. The molecule has 0 unspecified atom stereocenters. The van der Waals surface area contributed by atoms with Crippen LogP contribution in [0.5, 0.6) is 5.75 Å². The fourth-order valence-corrected chi connectivity index (χ4v) is 1.87. The number of aromatic nitrogens is 1. The van der Waals surface area contributed by atoms with Crippen molar-refractivity contribution >= 4 is 28.3 Å². The predicted octanol–water partition coefficient (Wildman–Crippen LogP) is 2.44. The fourth-order valence-electron chi connectivity index (χ4n) is 1.87. The molecular weight excluding hydrogens is 276 g/mol. The van der Waals surface area contributed by atoms with Gasteiger partial charge in [0, 0.05) is 29.3 Å². The number of hydrogen-bond donors (Lipinski definition) is 0. The van der Waals surface area contributed by atoms with Gasteiger partial charge in [-0.05, 0) is 13.0 Å². The van der Waals surface area contributed by atoms with Gasteiger partial charge in [0.15, 0.2) is 5.78 Å². The minimum Gasteiger partial charge on any atom is -0.414 e. The summed E-state index contributed by atoms with van der Waals surface area (Å²) in [5, 5.41) is 11.5. The van der Waals surface area contributed by atoms with Gasteiger partial charge in [-0.25, -0.2) is 4.79 Å². The second kappa shape index (κ2) is 5.49. The van der Waals surface area contributed by atoms with Crippen molar-refractivity contribution in [2.45, 2.75) is 6.92 Å². The van der Waals surface area contributed by atoms with Crippen molar-refractivity contribution in [1.29, 1.82) is 0 Å². The van der Waals surface area contributed by atoms with Gasteiger partial charge >= 0.3 is 11.7 Å². The molecule has 0 aliphatic heterocycles. The maximum atomic E-state index is 11.6. The van der Waals surface area contributed by atoms with Crippen molar-refractivity contribution in [3.8, 4) is 5.75 Å². The van der Waals surface area contributed by atoms with Crippen molar-refractivity contribution in [3.05, 3.63) is 52.7 Å². The number of fused-ring (bicyclic) bond motifs is 1. The monoisotopic (exact) mass is 286 g/mol. The Balaban J connectivity index is 2.86. The van der Waals surface area contributed by atoms with Gasteiger partial charge in [0.25, 0.3) is 0 Å². The van der Waals surface area contributed by atoms with E-state index in [-0.39, 0.29) is 22.6 Å². The Kier molecular flexibility index (Phi) is 3.75. The Bertz CT molecular complexity index is 782. The third kappa shape index (κ3) is 2.62. The molecule has 7 nitrogen and oxygen atoms in total. The smallest absolute Gasteiger partial charge is 0.335 e. The maximum Gasteiger partial charge on any atom is 0.335 e. The van der Waals surface area contributed by atoms with Crippen molar-refractivity contribution in [3.63, 3.8) is 0 Å². The first-order valence-corrected chi connectivity index (χ1v) is 5.87. The minimum atomic E-state index is -0.847. The summed E-state index contributed by atoms with van der Waals surface area (Å²) < 4.78 is 4.93. The summed E-state index contributed by atoms with van der Waals surface area (Å²) in [5.41, 5.74) is -0.281. The van der Waals surface area contributed by atoms with E-state index in [1.165, 1.54) is 13.1 Å². The van der Waals surface area contributed by atoms with Crippen LogP contribution in [0.4, 0.5) is 5.69 Å². The van der Waals surface area contributed by atoms with Gasteiger partial charge < -0.3 is 4.74 Å². The number of nitrogens with zero attached hydrogens (tertiary/aromatic N) is 2. The lowest BCUT2D eigenvalue weighted by molar-refractivity contribution is -0.385. The first-order valence-electron chi connectivity index (χ1n) is 5.87. The van der Waals surface area contributed by atoms with E-state index in [0.29, 0.717) is 5.39 Å². The van der Waals surface area contributed by atoms with E-state index in [0.717, 1.165) is 12.1 Å². The molecular formula is C14H10N2O5. The van der Waals surface area contributed by atoms with Crippen LogP contribution in [0.25, 0.3) is 10.9 Å². The number of rotatable bonds is 4. The lowest BCUT2D eigenvalue weighted by atomic mass is 10.0. The number of nitro benzene ring substituents is 1. The van der Waals surface area contributed by atoms with E-state index in [4.69, 9.17) is 4.74 Å². The SMILES string of the molecule is C=CC(=O)Oc1c([N+](=O)[O-])cc(C(C)=O)c2cccnc12. The highest BCUT2D eigenvalue weighted by molar-refractivity contribution is 6.09. The van der Waals surface area contributed by atoms with E-state index in [1.54, 1.807) is 12.1 Å². The average molecular weight is 286 g/mol. The topological polar surface area (TPSA) is 99.4 Å². The number of ketones is 1. The molecule has 0 atom stereocenters. The zero-order valence-electron chi connectivity index (χ0n) is 11.0. The zero-order chi connectivity index (χ0) is 15.6. The van der Waals surface area contributed by atoms with E-state index in [2.05, 4.69) is 11.6 Å². The number of hydrogen-bond acceptors (Lipinski definition) is 6. The molecule has 0 fully saturated rings. The molecule has 0 aliphatic rings. The second-order valence-electron chi connectivity index (χ2n) is 4.11.